The van der Waals surface area contributed by atoms with Crippen LogP contribution in [0.3, 0.4) is 0 Å². The molecule has 0 aromatic carbocycles. The van der Waals surface area contributed by atoms with E-state index in [1.807, 2.05) is 6.08 Å². The minimum atomic E-state index is -0.153. The Kier molecular flexibility index (Phi) is 0.972. The summed E-state index contributed by atoms with van der Waals surface area (Å²) in [5.41, 5.74) is 0. The zero-order chi connectivity index (χ0) is 7.42. The van der Waals surface area contributed by atoms with Gasteiger partial charge in [0.25, 0.3) is 0 Å². The van der Waals surface area contributed by atoms with Crippen LogP contribution in [0.15, 0.2) is 24.3 Å². The summed E-state index contributed by atoms with van der Waals surface area (Å²) in [4.78, 5) is 0. The first-order valence-corrected chi connectivity index (χ1v) is 4.41. The first kappa shape index (κ1) is 6.01. The Morgan fingerprint density at radius 2 is 1.82 bits per heavy atom. The highest BCUT2D eigenvalue weighted by Crippen LogP contribution is 2.52. The van der Waals surface area contributed by atoms with Crippen molar-refractivity contribution in [3.8, 4) is 0 Å². The second-order valence-corrected chi connectivity index (χ2v) is 3.98. The van der Waals surface area contributed by atoms with Gasteiger partial charge < -0.3 is 5.11 Å². The van der Waals surface area contributed by atoms with Crippen molar-refractivity contribution in [2.75, 3.05) is 0 Å². The van der Waals surface area contributed by atoms with Crippen molar-refractivity contribution in [1.29, 1.82) is 0 Å². The van der Waals surface area contributed by atoms with Crippen molar-refractivity contribution in [3.63, 3.8) is 0 Å². The van der Waals surface area contributed by atoms with Crippen LogP contribution in [0.2, 0.25) is 0 Å². The molecule has 3 aliphatic carbocycles. The zero-order valence-corrected chi connectivity index (χ0v) is 6.35. The third kappa shape index (κ3) is 0.603. The molecule has 0 aromatic heterocycles. The van der Waals surface area contributed by atoms with E-state index < -0.39 is 0 Å². The van der Waals surface area contributed by atoms with Crippen molar-refractivity contribution in [3.05, 3.63) is 24.3 Å². The molecule has 1 heteroatoms. The molecule has 0 aromatic rings. The summed E-state index contributed by atoms with van der Waals surface area (Å²) >= 11 is 0. The standard InChI is InChI=1S/C10H12O/c11-9-4-3-8-6-1-2-7(5-6)10(8)9/h1-4,6-11H,5H2/t6?,7?,8-,9+,10+/m0/s1. The lowest BCUT2D eigenvalue weighted by Crippen LogP contribution is -2.23. The van der Waals surface area contributed by atoms with Gasteiger partial charge in [0.05, 0.1) is 6.10 Å². The van der Waals surface area contributed by atoms with Crippen LogP contribution in [-0.2, 0) is 0 Å². The van der Waals surface area contributed by atoms with E-state index in [1.54, 1.807) is 0 Å². The maximum Gasteiger partial charge on any atom is 0.0760 e. The van der Waals surface area contributed by atoms with Crippen molar-refractivity contribution >= 4 is 0 Å². The Morgan fingerprint density at radius 1 is 1.00 bits per heavy atom. The van der Waals surface area contributed by atoms with Gasteiger partial charge in [-0.3, -0.25) is 0 Å². The van der Waals surface area contributed by atoms with E-state index in [0.717, 1.165) is 5.92 Å². The molecule has 0 saturated heterocycles. The summed E-state index contributed by atoms with van der Waals surface area (Å²) in [6.45, 7) is 0. The molecule has 0 aliphatic heterocycles. The molecular weight excluding hydrogens is 136 g/mol. The van der Waals surface area contributed by atoms with E-state index in [-0.39, 0.29) is 6.10 Å². The van der Waals surface area contributed by atoms with Gasteiger partial charge in [-0.15, -0.1) is 0 Å². The molecule has 3 aliphatic rings. The topological polar surface area (TPSA) is 20.2 Å². The van der Waals surface area contributed by atoms with Crippen LogP contribution in [0.25, 0.3) is 0 Å². The highest BCUT2D eigenvalue weighted by molar-refractivity contribution is 5.24. The van der Waals surface area contributed by atoms with Crippen LogP contribution in [-0.4, -0.2) is 11.2 Å². The molecule has 0 radical (unpaired) electrons. The Labute approximate surface area is 66.4 Å². The number of aliphatic hydroxyl groups is 1. The fourth-order valence-electron chi connectivity index (χ4n) is 3.02. The number of allylic oxidation sites excluding steroid dienone is 3. The lowest BCUT2D eigenvalue weighted by molar-refractivity contribution is 0.132. The largest absolute Gasteiger partial charge is 0.389 e. The highest BCUT2D eigenvalue weighted by atomic mass is 16.3. The number of fused-ring (bicyclic) bond motifs is 5. The predicted octanol–water partition coefficient (Wildman–Crippen LogP) is 1.36. The fourth-order valence-corrected chi connectivity index (χ4v) is 3.02. The number of rotatable bonds is 0. The van der Waals surface area contributed by atoms with Crippen molar-refractivity contribution in [2.45, 2.75) is 12.5 Å². The van der Waals surface area contributed by atoms with Gasteiger partial charge in [-0.25, -0.2) is 0 Å². The summed E-state index contributed by atoms with van der Waals surface area (Å²) in [6, 6.07) is 0. The van der Waals surface area contributed by atoms with Crippen LogP contribution in [0.4, 0.5) is 0 Å². The third-order valence-corrected chi connectivity index (χ3v) is 3.51. The van der Waals surface area contributed by atoms with E-state index in [4.69, 9.17) is 0 Å². The molecule has 5 atom stereocenters. The number of aliphatic hydroxyl groups excluding tert-OH is 1. The summed E-state index contributed by atoms with van der Waals surface area (Å²) in [5.74, 6) is 2.62. The molecule has 1 saturated carbocycles. The Balaban J connectivity index is 2.02. The Bertz CT molecular complexity index is 241. The molecule has 1 N–H and O–H groups in total. The van der Waals surface area contributed by atoms with E-state index in [1.165, 1.54) is 6.42 Å². The van der Waals surface area contributed by atoms with Gasteiger partial charge in [0, 0.05) is 5.92 Å². The third-order valence-electron chi connectivity index (χ3n) is 3.51. The van der Waals surface area contributed by atoms with Crippen LogP contribution in [0.1, 0.15) is 6.42 Å². The van der Waals surface area contributed by atoms with Gasteiger partial charge in [0.15, 0.2) is 0 Å². The summed E-state index contributed by atoms with van der Waals surface area (Å²) in [6.07, 6.45) is 9.94. The van der Waals surface area contributed by atoms with Crippen molar-refractivity contribution < 1.29 is 5.11 Å². The first-order valence-electron chi connectivity index (χ1n) is 4.41. The summed E-state index contributed by atoms with van der Waals surface area (Å²) < 4.78 is 0. The molecule has 1 nitrogen and oxygen atoms in total. The van der Waals surface area contributed by atoms with Gasteiger partial charge in [-0.05, 0) is 24.2 Å². The van der Waals surface area contributed by atoms with Crippen LogP contribution in [0.5, 0.6) is 0 Å². The maximum absolute atomic E-state index is 9.60. The summed E-state index contributed by atoms with van der Waals surface area (Å²) in [7, 11) is 0. The monoisotopic (exact) mass is 148 g/mol. The van der Waals surface area contributed by atoms with Crippen LogP contribution >= 0.6 is 0 Å². The quantitative estimate of drug-likeness (QED) is 0.514. The van der Waals surface area contributed by atoms with Crippen LogP contribution < -0.4 is 0 Å². The maximum atomic E-state index is 9.60. The average Bonchev–Trinajstić information content (AvgIpc) is 2.60. The molecule has 0 amide bonds. The molecule has 2 unspecified atom stereocenters. The van der Waals surface area contributed by atoms with Gasteiger partial charge in [0.2, 0.25) is 0 Å². The van der Waals surface area contributed by atoms with Crippen molar-refractivity contribution in [1.82, 2.24) is 0 Å². The smallest absolute Gasteiger partial charge is 0.0760 e. The SMILES string of the molecule is O[C@@H]1C=C[C@H]2C3C=CC(C3)[C@@H]12. The molecule has 11 heavy (non-hydrogen) atoms. The van der Waals surface area contributed by atoms with E-state index in [2.05, 4.69) is 18.2 Å². The average molecular weight is 148 g/mol. The Hall–Kier alpha value is -0.560. The van der Waals surface area contributed by atoms with E-state index >= 15 is 0 Å². The van der Waals surface area contributed by atoms with Crippen LogP contribution in [0, 0.1) is 23.7 Å². The molecule has 58 valence electrons. The second kappa shape index (κ2) is 1.78. The van der Waals surface area contributed by atoms with Crippen molar-refractivity contribution in [2.24, 2.45) is 23.7 Å². The molecule has 0 spiro atoms. The number of hydrogen-bond donors (Lipinski definition) is 1. The minimum Gasteiger partial charge on any atom is -0.389 e. The minimum absolute atomic E-state index is 0.153. The normalized spacial score (nSPS) is 57.4. The predicted molar refractivity (Wildman–Crippen MR) is 42.9 cm³/mol. The Morgan fingerprint density at radius 3 is 2.64 bits per heavy atom. The van der Waals surface area contributed by atoms with E-state index in [9.17, 15) is 5.11 Å². The fraction of sp³-hybridized carbons (Fsp3) is 0.600. The molecule has 1 fully saturated rings. The summed E-state index contributed by atoms with van der Waals surface area (Å²) in [5, 5.41) is 9.60. The molecule has 2 bridgehead atoms. The van der Waals surface area contributed by atoms with E-state index in [0.29, 0.717) is 17.8 Å². The van der Waals surface area contributed by atoms with Gasteiger partial charge in [0.1, 0.15) is 0 Å². The van der Waals surface area contributed by atoms with Gasteiger partial charge in [-0.1, -0.05) is 24.3 Å². The molecule has 0 heterocycles. The van der Waals surface area contributed by atoms with Gasteiger partial charge >= 0.3 is 0 Å². The number of hydrogen-bond acceptors (Lipinski definition) is 1. The molecule has 3 rings (SSSR count). The molecular formula is C10H12O. The second-order valence-electron chi connectivity index (χ2n) is 3.98. The highest BCUT2D eigenvalue weighted by Gasteiger charge is 2.48. The first-order chi connectivity index (χ1) is 5.36. The van der Waals surface area contributed by atoms with Gasteiger partial charge in [-0.2, -0.15) is 0 Å². The zero-order valence-electron chi connectivity index (χ0n) is 6.35. The lowest BCUT2D eigenvalue weighted by atomic mass is 9.84. The lowest BCUT2D eigenvalue weighted by Gasteiger charge is -2.22.